The minimum Gasteiger partial charge on any atom is -0.497 e. The summed E-state index contributed by atoms with van der Waals surface area (Å²) in [6.07, 6.45) is 0. The topological polar surface area (TPSA) is 84.9 Å². The van der Waals surface area contributed by atoms with Crippen molar-refractivity contribution in [2.45, 2.75) is 18.7 Å². The van der Waals surface area contributed by atoms with E-state index >= 15 is 0 Å². The molecule has 0 unspecified atom stereocenters. The van der Waals surface area contributed by atoms with E-state index in [1.54, 1.807) is 37.4 Å². The molecule has 0 bridgehead atoms. The van der Waals surface area contributed by atoms with Gasteiger partial charge >= 0.3 is 0 Å². The highest BCUT2D eigenvalue weighted by molar-refractivity contribution is 7.89. The van der Waals surface area contributed by atoms with Gasteiger partial charge in [0.2, 0.25) is 15.9 Å². The Morgan fingerprint density at radius 2 is 1.74 bits per heavy atom. The summed E-state index contributed by atoms with van der Waals surface area (Å²) in [7, 11) is -1.97. The van der Waals surface area contributed by atoms with Gasteiger partial charge in [-0.15, -0.1) is 0 Å². The summed E-state index contributed by atoms with van der Waals surface area (Å²) in [6.45, 7) is 6.14. The monoisotopic (exact) mass is 392 g/mol. The third-order valence-electron chi connectivity index (χ3n) is 4.35. The number of aromatic nitrogens is 2. The molecule has 146 valence electrons. The number of nitrogens with zero attached hydrogens (tertiary/aromatic N) is 4. The first kappa shape index (κ1) is 19.4. The molecule has 1 aliphatic rings. The number of anilines is 1. The van der Waals surface area contributed by atoms with Crippen LogP contribution in [0.25, 0.3) is 0 Å². The summed E-state index contributed by atoms with van der Waals surface area (Å²) in [4.78, 5) is 11.0. The first-order valence-electron chi connectivity index (χ1n) is 8.81. The van der Waals surface area contributed by atoms with Crippen molar-refractivity contribution in [2.24, 2.45) is 0 Å². The number of ether oxygens (including phenoxy) is 2. The Kier molecular flexibility index (Phi) is 5.81. The van der Waals surface area contributed by atoms with Crippen molar-refractivity contribution < 1.29 is 17.9 Å². The van der Waals surface area contributed by atoms with Crippen LogP contribution in [0.5, 0.6) is 11.6 Å². The number of piperazine rings is 1. The average Bonchev–Trinajstić information content (AvgIpc) is 2.68. The van der Waals surface area contributed by atoms with E-state index in [0.29, 0.717) is 50.2 Å². The molecule has 0 spiro atoms. The van der Waals surface area contributed by atoms with Crippen LogP contribution in [0.4, 0.5) is 5.82 Å². The largest absolute Gasteiger partial charge is 0.497 e. The second-order valence-electron chi connectivity index (χ2n) is 6.11. The van der Waals surface area contributed by atoms with Gasteiger partial charge in [-0.05, 0) is 38.1 Å². The molecule has 3 rings (SSSR count). The van der Waals surface area contributed by atoms with Gasteiger partial charge in [0.25, 0.3) is 0 Å². The van der Waals surface area contributed by atoms with Gasteiger partial charge in [-0.2, -0.15) is 9.29 Å². The van der Waals surface area contributed by atoms with Crippen LogP contribution in [0, 0.1) is 6.92 Å². The Bertz CT molecular complexity index is 879. The minimum atomic E-state index is -3.52. The molecule has 8 nitrogen and oxygen atoms in total. The fourth-order valence-corrected chi connectivity index (χ4v) is 4.39. The Hall–Kier alpha value is -2.39. The van der Waals surface area contributed by atoms with Crippen molar-refractivity contribution in [1.82, 2.24) is 14.3 Å². The number of rotatable bonds is 6. The van der Waals surface area contributed by atoms with Gasteiger partial charge in [0, 0.05) is 32.2 Å². The van der Waals surface area contributed by atoms with E-state index in [1.807, 2.05) is 13.8 Å². The molecule has 1 aliphatic heterocycles. The molecule has 1 fully saturated rings. The van der Waals surface area contributed by atoms with E-state index in [-0.39, 0.29) is 4.90 Å². The standard InChI is InChI=1S/C18H24N4O4S/c1-4-26-18-13-17(19-14(2)20-18)21-9-11-22(12-10-21)27(23,24)16-7-5-15(25-3)6-8-16/h5-8,13H,4,9-12H2,1-3H3. The summed E-state index contributed by atoms with van der Waals surface area (Å²) < 4.78 is 37.8. The molecule has 0 atom stereocenters. The molecule has 0 amide bonds. The molecule has 1 aromatic carbocycles. The summed E-state index contributed by atoms with van der Waals surface area (Å²) >= 11 is 0. The van der Waals surface area contributed by atoms with Crippen LogP contribution < -0.4 is 14.4 Å². The van der Waals surface area contributed by atoms with Crippen molar-refractivity contribution in [3.05, 3.63) is 36.2 Å². The number of hydrogen-bond donors (Lipinski definition) is 0. The molecule has 9 heteroatoms. The van der Waals surface area contributed by atoms with Gasteiger partial charge in [-0.25, -0.2) is 13.4 Å². The molecule has 2 aromatic rings. The second kappa shape index (κ2) is 8.10. The fraction of sp³-hybridized carbons (Fsp3) is 0.444. The van der Waals surface area contributed by atoms with E-state index in [4.69, 9.17) is 9.47 Å². The highest BCUT2D eigenvalue weighted by Crippen LogP contribution is 2.23. The molecule has 0 N–H and O–H groups in total. The average molecular weight is 392 g/mol. The van der Waals surface area contributed by atoms with Gasteiger partial charge < -0.3 is 14.4 Å². The number of sulfonamides is 1. The van der Waals surface area contributed by atoms with Crippen LogP contribution in [-0.2, 0) is 10.0 Å². The van der Waals surface area contributed by atoms with Gasteiger partial charge in [0.1, 0.15) is 17.4 Å². The molecule has 0 radical (unpaired) electrons. The fourth-order valence-electron chi connectivity index (χ4n) is 2.96. The van der Waals surface area contributed by atoms with Gasteiger partial charge in [0.15, 0.2) is 0 Å². The van der Waals surface area contributed by atoms with Crippen LogP contribution in [0.1, 0.15) is 12.7 Å². The first-order valence-corrected chi connectivity index (χ1v) is 10.3. The maximum atomic E-state index is 12.8. The third-order valence-corrected chi connectivity index (χ3v) is 6.27. The smallest absolute Gasteiger partial charge is 0.243 e. The molecule has 0 aliphatic carbocycles. The number of methoxy groups -OCH3 is 1. The van der Waals surface area contributed by atoms with Crippen LogP contribution >= 0.6 is 0 Å². The van der Waals surface area contributed by atoms with Gasteiger partial charge in [-0.3, -0.25) is 0 Å². The maximum absolute atomic E-state index is 12.8. The molecule has 27 heavy (non-hydrogen) atoms. The molecular formula is C18H24N4O4S. The Morgan fingerprint density at radius 1 is 1.07 bits per heavy atom. The summed E-state index contributed by atoms with van der Waals surface area (Å²) in [6, 6.07) is 8.25. The molecule has 1 aromatic heterocycles. The molecule has 2 heterocycles. The second-order valence-corrected chi connectivity index (χ2v) is 8.05. The number of benzene rings is 1. The van der Waals surface area contributed by atoms with Gasteiger partial charge in [-0.1, -0.05) is 0 Å². The maximum Gasteiger partial charge on any atom is 0.243 e. The van der Waals surface area contributed by atoms with Crippen molar-refractivity contribution in [3.63, 3.8) is 0 Å². The Labute approximate surface area is 159 Å². The van der Waals surface area contributed by atoms with Crippen LogP contribution in [0.2, 0.25) is 0 Å². The van der Waals surface area contributed by atoms with Crippen molar-refractivity contribution in [1.29, 1.82) is 0 Å². The number of aryl methyl sites for hydroxylation is 1. The van der Waals surface area contributed by atoms with Crippen LogP contribution in [0.15, 0.2) is 35.2 Å². The Morgan fingerprint density at radius 3 is 2.33 bits per heavy atom. The number of hydrogen-bond acceptors (Lipinski definition) is 7. The third kappa shape index (κ3) is 4.30. The van der Waals surface area contributed by atoms with Gasteiger partial charge in [0.05, 0.1) is 18.6 Å². The predicted octanol–water partition coefficient (Wildman–Crippen LogP) is 1.70. The summed E-state index contributed by atoms with van der Waals surface area (Å²) in [5.41, 5.74) is 0. The molecule has 0 saturated carbocycles. The lowest BCUT2D eigenvalue weighted by Gasteiger charge is -2.34. The van der Waals surface area contributed by atoms with E-state index in [0.717, 1.165) is 5.82 Å². The summed E-state index contributed by atoms with van der Waals surface area (Å²) in [5, 5.41) is 0. The lowest BCUT2D eigenvalue weighted by atomic mass is 10.3. The minimum absolute atomic E-state index is 0.272. The lowest BCUT2D eigenvalue weighted by molar-refractivity contribution is 0.325. The highest BCUT2D eigenvalue weighted by atomic mass is 32.2. The van der Waals surface area contributed by atoms with E-state index in [2.05, 4.69) is 14.9 Å². The quantitative estimate of drug-likeness (QED) is 0.740. The van der Waals surface area contributed by atoms with Crippen LogP contribution in [-0.4, -0.2) is 62.6 Å². The Balaban J connectivity index is 1.71. The predicted molar refractivity (Wildman–Crippen MR) is 102 cm³/mol. The molecule has 1 saturated heterocycles. The van der Waals surface area contributed by atoms with E-state index in [9.17, 15) is 8.42 Å². The van der Waals surface area contributed by atoms with Crippen molar-refractivity contribution >= 4 is 15.8 Å². The first-order chi connectivity index (χ1) is 12.9. The van der Waals surface area contributed by atoms with E-state index < -0.39 is 10.0 Å². The highest BCUT2D eigenvalue weighted by Gasteiger charge is 2.29. The van der Waals surface area contributed by atoms with Crippen LogP contribution in [0.3, 0.4) is 0 Å². The van der Waals surface area contributed by atoms with Crippen molar-refractivity contribution in [3.8, 4) is 11.6 Å². The van der Waals surface area contributed by atoms with Crippen molar-refractivity contribution in [2.75, 3.05) is 44.8 Å². The zero-order chi connectivity index (χ0) is 19.4. The zero-order valence-electron chi connectivity index (χ0n) is 15.8. The normalized spacial score (nSPS) is 15.6. The molecular weight excluding hydrogens is 368 g/mol. The lowest BCUT2D eigenvalue weighted by Crippen LogP contribution is -2.49. The van der Waals surface area contributed by atoms with E-state index in [1.165, 1.54) is 4.31 Å². The zero-order valence-corrected chi connectivity index (χ0v) is 16.6. The SMILES string of the molecule is CCOc1cc(N2CCN(S(=O)(=O)c3ccc(OC)cc3)CC2)nc(C)n1. The summed E-state index contributed by atoms with van der Waals surface area (Å²) in [5.74, 6) is 2.55.